The van der Waals surface area contributed by atoms with E-state index >= 15 is 0 Å². The number of hydrogen-bond donors (Lipinski definition) is 0. The molecule has 1 heterocycles. The second-order valence-electron chi connectivity index (χ2n) is 6.02. The SMILES string of the molecule is C=C[C@@H]1[C@H](C(C)C)N1S(=O)(=O)c1c(C)cc(C)cc1C. The summed E-state index contributed by atoms with van der Waals surface area (Å²) in [6.45, 7) is 13.6. The topological polar surface area (TPSA) is 37.1 Å². The highest BCUT2D eigenvalue weighted by atomic mass is 32.2. The Balaban J connectivity index is 2.50. The van der Waals surface area contributed by atoms with Crippen molar-refractivity contribution < 1.29 is 8.42 Å². The average Bonchev–Trinajstić information content (AvgIpc) is 3.01. The van der Waals surface area contributed by atoms with Crippen molar-refractivity contribution in [3.8, 4) is 0 Å². The molecule has 0 saturated carbocycles. The predicted molar refractivity (Wildman–Crippen MR) is 82.3 cm³/mol. The van der Waals surface area contributed by atoms with Gasteiger partial charge in [0.05, 0.1) is 10.9 Å². The van der Waals surface area contributed by atoms with Crippen molar-refractivity contribution in [2.75, 3.05) is 0 Å². The normalized spacial score (nSPS) is 25.8. The van der Waals surface area contributed by atoms with Gasteiger partial charge in [0, 0.05) is 6.04 Å². The van der Waals surface area contributed by atoms with E-state index in [1.807, 2.05) is 46.8 Å². The highest BCUT2D eigenvalue weighted by Gasteiger charge is 2.55. The van der Waals surface area contributed by atoms with Crippen LogP contribution in [-0.2, 0) is 10.0 Å². The number of rotatable bonds is 4. The first kappa shape index (κ1) is 15.3. The van der Waals surface area contributed by atoms with Crippen molar-refractivity contribution >= 4 is 10.0 Å². The minimum atomic E-state index is -3.44. The highest BCUT2D eigenvalue weighted by Crippen LogP contribution is 2.42. The van der Waals surface area contributed by atoms with Gasteiger partial charge in [-0.2, -0.15) is 4.31 Å². The first-order valence-corrected chi connectivity index (χ1v) is 8.39. The molecule has 0 spiro atoms. The van der Waals surface area contributed by atoms with E-state index in [1.54, 1.807) is 10.4 Å². The molecular formula is C16H23NO2S. The minimum absolute atomic E-state index is 0.0394. The van der Waals surface area contributed by atoms with E-state index in [2.05, 4.69) is 6.58 Å². The van der Waals surface area contributed by atoms with Crippen LogP contribution < -0.4 is 0 Å². The molecule has 3 atom stereocenters. The fraction of sp³-hybridized carbons (Fsp3) is 0.500. The first-order valence-electron chi connectivity index (χ1n) is 6.95. The van der Waals surface area contributed by atoms with Crippen molar-refractivity contribution in [1.82, 2.24) is 4.31 Å². The van der Waals surface area contributed by atoms with E-state index in [1.165, 1.54) is 0 Å². The lowest BCUT2D eigenvalue weighted by molar-refractivity contribution is 0.516. The van der Waals surface area contributed by atoms with Gasteiger partial charge in [-0.1, -0.05) is 37.6 Å². The first-order chi connectivity index (χ1) is 9.21. The summed E-state index contributed by atoms with van der Waals surface area (Å²) in [5, 5.41) is 0. The maximum absolute atomic E-state index is 12.9. The Morgan fingerprint density at radius 3 is 2.05 bits per heavy atom. The molecule has 0 radical (unpaired) electrons. The average molecular weight is 293 g/mol. The lowest BCUT2D eigenvalue weighted by Gasteiger charge is -2.14. The molecule has 1 aliphatic heterocycles. The van der Waals surface area contributed by atoms with E-state index in [4.69, 9.17) is 0 Å². The van der Waals surface area contributed by atoms with Crippen molar-refractivity contribution in [2.45, 2.75) is 51.6 Å². The second-order valence-corrected chi connectivity index (χ2v) is 7.80. The maximum atomic E-state index is 12.9. The predicted octanol–water partition coefficient (Wildman–Crippen LogP) is 3.20. The summed E-state index contributed by atoms with van der Waals surface area (Å²) in [7, 11) is -3.44. The summed E-state index contributed by atoms with van der Waals surface area (Å²) in [5.74, 6) is 0.291. The largest absolute Gasteiger partial charge is 0.244 e. The fourth-order valence-corrected chi connectivity index (χ4v) is 5.49. The molecule has 1 saturated heterocycles. The van der Waals surface area contributed by atoms with Crippen LogP contribution in [0.1, 0.15) is 30.5 Å². The van der Waals surface area contributed by atoms with Crippen LogP contribution in [0.5, 0.6) is 0 Å². The van der Waals surface area contributed by atoms with E-state index in [0.29, 0.717) is 10.8 Å². The molecule has 1 aromatic carbocycles. The lowest BCUT2D eigenvalue weighted by Crippen LogP contribution is -2.19. The van der Waals surface area contributed by atoms with E-state index in [9.17, 15) is 8.42 Å². The number of sulfonamides is 1. The molecule has 1 aromatic rings. The molecule has 1 unspecified atom stereocenters. The van der Waals surface area contributed by atoms with Crippen molar-refractivity contribution in [2.24, 2.45) is 5.92 Å². The molecule has 0 aromatic heterocycles. The molecule has 0 aliphatic carbocycles. The summed E-state index contributed by atoms with van der Waals surface area (Å²) in [4.78, 5) is 0.457. The van der Waals surface area contributed by atoms with Crippen LogP contribution in [0.3, 0.4) is 0 Å². The van der Waals surface area contributed by atoms with Crippen molar-refractivity contribution in [1.29, 1.82) is 0 Å². The molecule has 20 heavy (non-hydrogen) atoms. The van der Waals surface area contributed by atoms with Gasteiger partial charge >= 0.3 is 0 Å². The Bertz CT molecular complexity index is 623. The van der Waals surface area contributed by atoms with Crippen LogP contribution in [0.2, 0.25) is 0 Å². The van der Waals surface area contributed by atoms with Crippen LogP contribution in [0.15, 0.2) is 29.7 Å². The molecule has 1 fully saturated rings. The monoisotopic (exact) mass is 293 g/mol. The van der Waals surface area contributed by atoms with Gasteiger partial charge in [0.2, 0.25) is 10.0 Å². The molecule has 0 amide bonds. The summed E-state index contributed by atoms with van der Waals surface area (Å²) >= 11 is 0. The third kappa shape index (κ3) is 2.31. The zero-order valence-corrected chi connectivity index (χ0v) is 13.7. The van der Waals surface area contributed by atoms with E-state index in [-0.39, 0.29) is 12.1 Å². The van der Waals surface area contributed by atoms with Gasteiger partial charge in [-0.15, -0.1) is 6.58 Å². The van der Waals surface area contributed by atoms with Crippen molar-refractivity contribution in [3.05, 3.63) is 41.5 Å². The third-order valence-corrected chi connectivity index (χ3v) is 6.11. The molecule has 4 heteroatoms. The number of benzene rings is 1. The maximum Gasteiger partial charge on any atom is 0.244 e. The number of hydrogen-bond acceptors (Lipinski definition) is 2. The standard InChI is InChI=1S/C16H23NO2S/c1-7-14-15(10(2)3)17(14)20(18,19)16-12(5)8-11(4)9-13(16)6/h7-10,14-15H,1H2,2-6H3/t14-,15+,17?/m1/s1. The zero-order chi connectivity index (χ0) is 15.2. The van der Waals surface area contributed by atoms with Gasteiger partial charge in [-0.05, 0) is 37.8 Å². The Hall–Kier alpha value is -1.13. The Morgan fingerprint density at radius 1 is 1.20 bits per heavy atom. The van der Waals surface area contributed by atoms with Crippen molar-refractivity contribution in [3.63, 3.8) is 0 Å². The lowest BCUT2D eigenvalue weighted by atomic mass is 10.1. The van der Waals surface area contributed by atoms with Gasteiger partial charge in [-0.3, -0.25) is 0 Å². The summed E-state index contributed by atoms with van der Waals surface area (Å²) in [6, 6.07) is 3.82. The summed E-state index contributed by atoms with van der Waals surface area (Å²) < 4.78 is 27.4. The molecule has 0 N–H and O–H groups in total. The fourth-order valence-electron chi connectivity index (χ4n) is 3.18. The quantitative estimate of drug-likeness (QED) is 0.631. The van der Waals surface area contributed by atoms with E-state index in [0.717, 1.165) is 16.7 Å². The van der Waals surface area contributed by atoms with Gasteiger partial charge in [-0.25, -0.2) is 8.42 Å². The molecule has 2 rings (SSSR count). The van der Waals surface area contributed by atoms with Gasteiger partial charge in [0.15, 0.2) is 0 Å². The van der Waals surface area contributed by atoms with Crippen LogP contribution in [0.4, 0.5) is 0 Å². The van der Waals surface area contributed by atoms with Gasteiger partial charge in [0.1, 0.15) is 0 Å². The van der Waals surface area contributed by atoms with Crippen LogP contribution in [0, 0.1) is 26.7 Å². The van der Waals surface area contributed by atoms with Crippen LogP contribution in [0.25, 0.3) is 0 Å². The molecule has 1 aliphatic rings. The zero-order valence-electron chi connectivity index (χ0n) is 12.8. The van der Waals surface area contributed by atoms with Gasteiger partial charge < -0.3 is 0 Å². The van der Waals surface area contributed by atoms with E-state index < -0.39 is 10.0 Å². The molecule has 0 bridgehead atoms. The van der Waals surface area contributed by atoms with Crippen LogP contribution >= 0.6 is 0 Å². The van der Waals surface area contributed by atoms with Gasteiger partial charge in [0.25, 0.3) is 0 Å². The molecule has 110 valence electrons. The summed E-state index contributed by atoms with van der Waals surface area (Å²) in [6.07, 6.45) is 1.74. The molecule has 3 nitrogen and oxygen atoms in total. The van der Waals surface area contributed by atoms with Crippen LogP contribution in [-0.4, -0.2) is 24.8 Å². The number of nitrogens with zero attached hydrogens (tertiary/aromatic N) is 1. The summed E-state index contributed by atoms with van der Waals surface area (Å²) in [5.41, 5.74) is 2.73. The minimum Gasteiger partial charge on any atom is -0.207 e. The number of aryl methyl sites for hydroxylation is 3. The third-order valence-electron chi connectivity index (χ3n) is 3.91. The highest BCUT2D eigenvalue weighted by molar-refractivity contribution is 7.89. The molecular weight excluding hydrogens is 270 g/mol. The smallest absolute Gasteiger partial charge is 0.207 e. The Kier molecular flexibility index (Phi) is 3.82. The Morgan fingerprint density at radius 2 is 1.70 bits per heavy atom. The Labute approximate surface area is 122 Å². The second kappa shape index (κ2) is 5.01.